The van der Waals surface area contributed by atoms with Crippen molar-refractivity contribution in [1.82, 2.24) is 9.78 Å². The zero-order valence-corrected chi connectivity index (χ0v) is 13.2. The molecule has 7 nitrogen and oxygen atoms in total. The van der Waals surface area contributed by atoms with Gasteiger partial charge >= 0.3 is 5.69 Å². The summed E-state index contributed by atoms with van der Waals surface area (Å²) in [6.07, 6.45) is 7.95. The summed E-state index contributed by atoms with van der Waals surface area (Å²) < 4.78 is 6.82. The SMILES string of the molecule is COc1ccc(C=CC(=O)C2CC2)cc1Cn1cc([N+](=O)[O-])cn1. The lowest BCUT2D eigenvalue weighted by molar-refractivity contribution is -0.385. The van der Waals surface area contributed by atoms with Crippen LogP contribution < -0.4 is 4.74 Å². The molecule has 0 unspecified atom stereocenters. The normalized spacial score (nSPS) is 14.0. The van der Waals surface area contributed by atoms with Crippen LogP contribution in [0.1, 0.15) is 24.0 Å². The van der Waals surface area contributed by atoms with Crippen LogP contribution in [-0.2, 0) is 11.3 Å². The topological polar surface area (TPSA) is 87.3 Å². The molecule has 0 spiro atoms. The highest BCUT2D eigenvalue weighted by atomic mass is 16.6. The van der Waals surface area contributed by atoms with Crippen LogP contribution in [0, 0.1) is 16.0 Å². The smallest absolute Gasteiger partial charge is 0.307 e. The fourth-order valence-electron chi connectivity index (χ4n) is 2.42. The first-order valence-corrected chi connectivity index (χ1v) is 7.62. The van der Waals surface area contributed by atoms with Gasteiger partial charge in [0.2, 0.25) is 0 Å². The second kappa shape index (κ2) is 6.66. The molecule has 1 aliphatic rings. The second-order valence-corrected chi connectivity index (χ2v) is 5.73. The van der Waals surface area contributed by atoms with Crippen molar-refractivity contribution in [2.45, 2.75) is 19.4 Å². The number of rotatable bonds is 7. The van der Waals surface area contributed by atoms with Crippen LogP contribution in [0.15, 0.2) is 36.7 Å². The van der Waals surface area contributed by atoms with Crippen LogP contribution in [0.3, 0.4) is 0 Å². The Labute approximate surface area is 138 Å². The number of methoxy groups -OCH3 is 1. The van der Waals surface area contributed by atoms with Crippen molar-refractivity contribution in [3.63, 3.8) is 0 Å². The number of nitrogens with zero attached hydrogens (tertiary/aromatic N) is 3. The maximum absolute atomic E-state index is 11.8. The summed E-state index contributed by atoms with van der Waals surface area (Å²) in [5.41, 5.74) is 1.65. The minimum atomic E-state index is -0.483. The Balaban J connectivity index is 1.80. The van der Waals surface area contributed by atoms with E-state index in [2.05, 4.69) is 5.10 Å². The Morgan fingerprint density at radius 2 is 2.29 bits per heavy atom. The summed E-state index contributed by atoms with van der Waals surface area (Å²) in [5, 5.41) is 14.7. The number of carbonyl (C=O) groups is 1. The van der Waals surface area contributed by atoms with E-state index in [1.807, 2.05) is 18.2 Å². The molecule has 3 rings (SSSR count). The highest BCUT2D eigenvalue weighted by Crippen LogP contribution is 2.30. The molecule has 0 aliphatic heterocycles. The van der Waals surface area contributed by atoms with Crippen molar-refractivity contribution in [2.75, 3.05) is 7.11 Å². The highest BCUT2D eigenvalue weighted by molar-refractivity contribution is 5.96. The van der Waals surface area contributed by atoms with Gasteiger partial charge in [0.15, 0.2) is 5.78 Å². The average Bonchev–Trinajstić information content (AvgIpc) is 3.32. The van der Waals surface area contributed by atoms with Gasteiger partial charge in [-0.15, -0.1) is 0 Å². The van der Waals surface area contributed by atoms with Gasteiger partial charge in [-0.05, 0) is 36.6 Å². The predicted molar refractivity (Wildman–Crippen MR) is 87.7 cm³/mol. The van der Waals surface area contributed by atoms with Crippen LogP contribution in [0.2, 0.25) is 0 Å². The minimum Gasteiger partial charge on any atom is -0.496 e. The van der Waals surface area contributed by atoms with Gasteiger partial charge in [-0.1, -0.05) is 12.1 Å². The molecule has 1 heterocycles. The number of nitro groups is 1. The molecule has 124 valence electrons. The van der Waals surface area contributed by atoms with E-state index in [1.165, 1.54) is 17.1 Å². The van der Waals surface area contributed by atoms with Crippen molar-refractivity contribution >= 4 is 17.5 Å². The molecule has 1 aliphatic carbocycles. The third kappa shape index (κ3) is 3.68. The molecule has 1 fully saturated rings. The fourth-order valence-corrected chi connectivity index (χ4v) is 2.42. The largest absolute Gasteiger partial charge is 0.496 e. The summed E-state index contributed by atoms with van der Waals surface area (Å²) >= 11 is 0. The second-order valence-electron chi connectivity index (χ2n) is 5.73. The molecular weight excluding hydrogens is 310 g/mol. The first-order valence-electron chi connectivity index (χ1n) is 7.62. The van der Waals surface area contributed by atoms with E-state index in [1.54, 1.807) is 19.3 Å². The molecule has 0 amide bonds. The van der Waals surface area contributed by atoms with E-state index in [9.17, 15) is 14.9 Å². The van der Waals surface area contributed by atoms with Gasteiger partial charge in [-0.25, -0.2) is 0 Å². The number of ketones is 1. The van der Waals surface area contributed by atoms with Crippen molar-refractivity contribution < 1.29 is 14.5 Å². The lowest BCUT2D eigenvalue weighted by atomic mass is 10.1. The van der Waals surface area contributed by atoms with Crippen LogP contribution in [0.5, 0.6) is 5.75 Å². The third-order valence-corrected chi connectivity index (χ3v) is 3.89. The lowest BCUT2D eigenvalue weighted by Crippen LogP contribution is -2.02. The molecule has 0 N–H and O–H groups in total. The molecule has 0 radical (unpaired) electrons. The number of carbonyl (C=O) groups excluding carboxylic acids is 1. The van der Waals surface area contributed by atoms with Crippen LogP contribution in [0.4, 0.5) is 5.69 Å². The van der Waals surface area contributed by atoms with E-state index in [-0.39, 0.29) is 17.4 Å². The molecule has 0 bridgehead atoms. The Morgan fingerprint density at radius 3 is 2.92 bits per heavy atom. The first-order chi connectivity index (χ1) is 11.6. The monoisotopic (exact) mass is 327 g/mol. The number of allylic oxidation sites excluding steroid dienone is 1. The van der Waals surface area contributed by atoms with E-state index in [0.29, 0.717) is 12.3 Å². The van der Waals surface area contributed by atoms with E-state index in [0.717, 1.165) is 24.0 Å². The summed E-state index contributed by atoms with van der Waals surface area (Å²) in [6, 6.07) is 5.57. The molecule has 7 heteroatoms. The predicted octanol–water partition coefficient (Wildman–Crippen LogP) is 2.84. The summed E-state index contributed by atoms with van der Waals surface area (Å²) in [7, 11) is 1.57. The Kier molecular flexibility index (Phi) is 4.41. The van der Waals surface area contributed by atoms with Crippen molar-refractivity contribution in [1.29, 1.82) is 0 Å². The van der Waals surface area contributed by atoms with Crippen molar-refractivity contribution in [3.05, 3.63) is 57.9 Å². The Bertz CT molecular complexity index is 806. The molecule has 1 saturated carbocycles. The summed E-state index contributed by atoms with van der Waals surface area (Å²) in [5.74, 6) is 1.03. The standard InChI is InChI=1S/C17H17N3O4/c1-24-17-7-3-12(2-6-16(21)13-4-5-13)8-14(17)10-19-11-15(9-18-19)20(22)23/h2-3,6-9,11,13H,4-5,10H2,1H3. The highest BCUT2D eigenvalue weighted by Gasteiger charge is 2.27. The molecule has 24 heavy (non-hydrogen) atoms. The van der Waals surface area contributed by atoms with Crippen LogP contribution in [0.25, 0.3) is 6.08 Å². The van der Waals surface area contributed by atoms with Crippen molar-refractivity contribution in [2.24, 2.45) is 5.92 Å². The van der Waals surface area contributed by atoms with Gasteiger partial charge in [0.05, 0.1) is 18.6 Å². The van der Waals surface area contributed by atoms with Gasteiger partial charge in [0, 0.05) is 11.5 Å². The van der Waals surface area contributed by atoms with Crippen molar-refractivity contribution in [3.8, 4) is 5.75 Å². The van der Waals surface area contributed by atoms with Crippen LogP contribution in [-0.4, -0.2) is 27.6 Å². The number of hydrogen-bond donors (Lipinski definition) is 0. The average molecular weight is 327 g/mol. The summed E-state index contributed by atoms with van der Waals surface area (Å²) in [6.45, 7) is 0.343. The zero-order valence-electron chi connectivity index (χ0n) is 13.2. The lowest BCUT2D eigenvalue weighted by Gasteiger charge is -2.09. The number of ether oxygens (including phenoxy) is 1. The number of aromatic nitrogens is 2. The van der Waals surface area contributed by atoms with Gasteiger partial charge < -0.3 is 4.74 Å². The third-order valence-electron chi connectivity index (χ3n) is 3.89. The maximum Gasteiger partial charge on any atom is 0.307 e. The Morgan fingerprint density at radius 1 is 1.50 bits per heavy atom. The Hall–Kier alpha value is -2.96. The maximum atomic E-state index is 11.8. The van der Waals surface area contributed by atoms with Gasteiger partial charge in [-0.3, -0.25) is 19.6 Å². The fraction of sp³-hybridized carbons (Fsp3) is 0.294. The zero-order chi connectivity index (χ0) is 17.1. The number of benzene rings is 1. The summed E-state index contributed by atoms with van der Waals surface area (Å²) in [4.78, 5) is 22.0. The van der Waals surface area contributed by atoms with Gasteiger partial charge in [-0.2, -0.15) is 5.10 Å². The van der Waals surface area contributed by atoms with Gasteiger partial charge in [0.25, 0.3) is 0 Å². The number of hydrogen-bond acceptors (Lipinski definition) is 5. The quantitative estimate of drug-likeness (QED) is 0.443. The molecule has 1 aromatic carbocycles. The van der Waals surface area contributed by atoms with E-state index < -0.39 is 4.92 Å². The molecule has 0 saturated heterocycles. The molecular formula is C17H17N3O4. The molecule has 2 aromatic rings. The minimum absolute atomic E-state index is 0.0555. The molecule has 1 aromatic heterocycles. The molecule has 0 atom stereocenters. The van der Waals surface area contributed by atoms with Crippen LogP contribution >= 0.6 is 0 Å². The van der Waals surface area contributed by atoms with E-state index >= 15 is 0 Å². The van der Waals surface area contributed by atoms with Gasteiger partial charge in [0.1, 0.15) is 18.1 Å². The first kappa shape index (κ1) is 15.9. The van der Waals surface area contributed by atoms with E-state index in [4.69, 9.17) is 4.74 Å².